The van der Waals surface area contributed by atoms with Gasteiger partial charge in [-0.05, 0) is 18.6 Å². The third-order valence-corrected chi connectivity index (χ3v) is 3.49. The molecule has 0 radical (unpaired) electrons. The molecule has 6 heteroatoms. The molecule has 0 aliphatic rings. The van der Waals surface area contributed by atoms with Gasteiger partial charge in [-0.15, -0.1) is 11.8 Å². The van der Waals surface area contributed by atoms with Gasteiger partial charge in [-0.25, -0.2) is 9.97 Å². The zero-order valence-electron chi connectivity index (χ0n) is 10.8. The van der Waals surface area contributed by atoms with Crippen LogP contribution in [0.1, 0.15) is 12.5 Å². The number of nitrogens with zero attached hydrogens (tertiary/aromatic N) is 3. The number of aromatic nitrogens is 3. The van der Waals surface area contributed by atoms with E-state index < -0.39 is 0 Å². The number of nitrogens with two attached hydrogens (primary N) is 1. The molecule has 2 aromatic rings. The number of hydrogen-bond donors (Lipinski definition) is 2. The Morgan fingerprint density at radius 3 is 2.95 bits per heavy atom. The zero-order chi connectivity index (χ0) is 13.5. The number of nitrogen functional groups attached to an aromatic ring is 1. The van der Waals surface area contributed by atoms with Gasteiger partial charge in [-0.2, -0.15) is 4.98 Å². The Morgan fingerprint density at radius 2 is 2.21 bits per heavy atom. The first-order valence-electron chi connectivity index (χ1n) is 6.18. The van der Waals surface area contributed by atoms with Crippen LogP contribution in [0.2, 0.25) is 0 Å². The lowest BCUT2D eigenvalue weighted by atomic mass is 10.2. The standard InChI is InChI=1S/C13H17N5S/c1-2-10-9-17-13(14)18-12(10)16-7-8-19-11-5-3-4-6-15-11/h3-6,9H,2,7-8H2,1H3,(H3,14,16,17,18). The van der Waals surface area contributed by atoms with Crippen molar-refractivity contribution in [1.82, 2.24) is 15.0 Å². The van der Waals surface area contributed by atoms with Gasteiger partial charge in [0, 0.05) is 30.3 Å². The van der Waals surface area contributed by atoms with E-state index in [4.69, 9.17) is 5.73 Å². The lowest BCUT2D eigenvalue weighted by Gasteiger charge is -2.09. The summed E-state index contributed by atoms with van der Waals surface area (Å²) in [6, 6.07) is 5.91. The lowest BCUT2D eigenvalue weighted by Crippen LogP contribution is -2.10. The van der Waals surface area contributed by atoms with Crippen molar-refractivity contribution in [1.29, 1.82) is 0 Å². The number of hydrogen-bond acceptors (Lipinski definition) is 6. The van der Waals surface area contributed by atoms with Crippen molar-refractivity contribution in [3.05, 3.63) is 36.2 Å². The maximum atomic E-state index is 5.60. The van der Waals surface area contributed by atoms with Gasteiger partial charge in [0.2, 0.25) is 5.95 Å². The van der Waals surface area contributed by atoms with Crippen molar-refractivity contribution in [3.8, 4) is 0 Å². The Labute approximate surface area is 117 Å². The van der Waals surface area contributed by atoms with E-state index in [2.05, 4.69) is 27.2 Å². The fourth-order valence-electron chi connectivity index (χ4n) is 1.59. The van der Waals surface area contributed by atoms with E-state index in [0.29, 0.717) is 5.95 Å². The van der Waals surface area contributed by atoms with Crippen LogP contribution in [0.5, 0.6) is 0 Å². The molecule has 2 rings (SSSR count). The molecule has 0 saturated heterocycles. The van der Waals surface area contributed by atoms with Crippen molar-refractivity contribution >= 4 is 23.5 Å². The van der Waals surface area contributed by atoms with Crippen LogP contribution < -0.4 is 11.1 Å². The Bertz CT molecular complexity index is 518. The van der Waals surface area contributed by atoms with Crippen LogP contribution in [0.25, 0.3) is 0 Å². The van der Waals surface area contributed by atoms with Crippen LogP contribution in [-0.4, -0.2) is 27.2 Å². The summed E-state index contributed by atoms with van der Waals surface area (Å²) in [6.45, 7) is 2.88. The molecule has 0 aromatic carbocycles. The van der Waals surface area contributed by atoms with Gasteiger partial charge in [0.1, 0.15) is 5.82 Å². The predicted molar refractivity (Wildman–Crippen MR) is 79.3 cm³/mol. The van der Waals surface area contributed by atoms with E-state index in [-0.39, 0.29) is 0 Å². The van der Waals surface area contributed by atoms with Gasteiger partial charge in [-0.3, -0.25) is 0 Å². The first-order chi connectivity index (χ1) is 9.29. The molecular weight excluding hydrogens is 258 g/mol. The molecule has 5 nitrogen and oxygen atoms in total. The Morgan fingerprint density at radius 1 is 1.32 bits per heavy atom. The third kappa shape index (κ3) is 4.10. The van der Waals surface area contributed by atoms with Gasteiger partial charge in [0.05, 0.1) is 5.03 Å². The highest BCUT2D eigenvalue weighted by atomic mass is 32.2. The molecule has 0 fully saturated rings. The SMILES string of the molecule is CCc1cnc(N)nc1NCCSc1ccccn1. The van der Waals surface area contributed by atoms with Crippen LogP contribution in [0.3, 0.4) is 0 Å². The highest BCUT2D eigenvalue weighted by Crippen LogP contribution is 2.16. The summed E-state index contributed by atoms with van der Waals surface area (Å²) in [5, 5.41) is 4.33. The van der Waals surface area contributed by atoms with Crippen LogP contribution in [0.15, 0.2) is 35.6 Å². The smallest absolute Gasteiger partial charge is 0.221 e. The number of thioether (sulfide) groups is 1. The normalized spacial score (nSPS) is 10.4. The van der Waals surface area contributed by atoms with Gasteiger partial charge in [0.15, 0.2) is 0 Å². The van der Waals surface area contributed by atoms with E-state index in [1.54, 1.807) is 24.2 Å². The minimum absolute atomic E-state index is 0.303. The zero-order valence-corrected chi connectivity index (χ0v) is 11.7. The number of nitrogens with one attached hydrogen (secondary N) is 1. The molecule has 0 aliphatic heterocycles. The summed E-state index contributed by atoms with van der Waals surface area (Å²) in [5.74, 6) is 2.05. The number of pyridine rings is 1. The van der Waals surface area contributed by atoms with E-state index in [1.807, 2.05) is 18.2 Å². The van der Waals surface area contributed by atoms with Gasteiger partial charge >= 0.3 is 0 Å². The van der Waals surface area contributed by atoms with Gasteiger partial charge < -0.3 is 11.1 Å². The number of anilines is 2. The summed E-state index contributed by atoms with van der Waals surface area (Å²) in [7, 11) is 0. The van der Waals surface area contributed by atoms with E-state index in [9.17, 15) is 0 Å². The Kier molecular flexibility index (Phi) is 4.97. The van der Waals surface area contributed by atoms with Crippen molar-refractivity contribution in [2.24, 2.45) is 0 Å². The quantitative estimate of drug-likeness (QED) is 0.622. The summed E-state index contributed by atoms with van der Waals surface area (Å²) in [4.78, 5) is 12.5. The number of rotatable bonds is 6. The lowest BCUT2D eigenvalue weighted by molar-refractivity contribution is 1.03. The van der Waals surface area contributed by atoms with Crippen molar-refractivity contribution in [2.45, 2.75) is 18.4 Å². The second-order valence-electron chi connectivity index (χ2n) is 3.90. The topological polar surface area (TPSA) is 76.7 Å². The second-order valence-corrected chi connectivity index (χ2v) is 5.01. The second kappa shape index (κ2) is 6.94. The highest BCUT2D eigenvalue weighted by molar-refractivity contribution is 7.99. The molecule has 19 heavy (non-hydrogen) atoms. The summed E-state index contributed by atoms with van der Waals surface area (Å²) >= 11 is 1.71. The molecule has 0 bridgehead atoms. The largest absolute Gasteiger partial charge is 0.369 e. The van der Waals surface area contributed by atoms with E-state index in [0.717, 1.165) is 35.1 Å². The van der Waals surface area contributed by atoms with Crippen molar-refractivity contribution in [3.63, 3.8) is 0 Å². The van der Waals surface area contributed by atoms with Crippen molar-refractivity contribution in [2.75, 3.05) is 23.3 Å². The van der Waals surface area contributed by atoms with E-state index in [1.165, 1.54) is 0 Å². The van der Waals surface area contributed by atoms with Crippen LogP contribution in [-0.2, 0) is 6.42 Å². The average Bonchev–Trinajstić information content (AvgIpc) is 2.45. The molecule has 2 heterocycles. The minimum atomic E-state index is 0.303. The fourth-order valence-corrected chi connectivity index (χ4v) is 2.31. The monoisotopic (exact) mass is 275 g/mol. The average molecular weight is 275 g/mol. The molecule has 100 valence electrons. The third-order valence-electron chi connectivity index (χ3n) is 2.55. The first-order valence-corrected chi connectivity index (χ1v) is 7.17. The molecule has 0 amide bonds. The predicted octanol–water partition coefficient (Wildman–Crippen LogP) is 2.22. The molecule has 0 saturated carbocycles. The molecule has 0 unspecified atom stereocenters. The molecule has 0 atom stereocenters. The Balaban J connectivity index is 1.84. The highest BCUT2D eigenvalue weighted by Gasteiger charge is 2.03. The molecule has 2 aromatic heterocycles. The summed E-state index contributed by atoms with van der Waals surface area (Å²) < 4.78 is 0. The first kappa shape index (κ1) is 13.6. The molecular formula is C13H17N5S. The van der Waals surface area contributed by atoms with Crippen LogP contribution in [0.4, 0.5) is 11.8 Å². The maximum Gasteiger partial charge on any atom is 0.221 e. The van der Waals surface area contributed by atoms with Gasteiger partial charge in [0.25, 0.3) is 0 Å². The van der Waals surface area contributed by atoms with Crippen LogP contribution in [0, 0.1) is 0 Å². The summed E-state index contributed by atoms with van der Waals surface area (Å²) in [6.07, 6.45) is 4.46. The van der Waals surface area contributed by atoms with Crippen molar-refractivity contribution < 1.29 is 0 Å². The molecule has 0 spiro atoms. The Hall–Kier alpha value is -1.82. The maximum absolute atomic E-state index is 5.60. The minimum Gasteiger partial charge on any atom is -0.369 e. The van der Waals surface area contributed by atoms with Crippen LogP contribution >= 0.6 is 11.8 Å². The fraction of sp³-hybridized carbons (Fsp3) is 0.308. The van der Waals surface area contributed by atoms with Gasteiger partial charge in [-0.1, -0.05) is 13.0 Å². The van der Waals surface area contributed by atoms with E-state index >= 15 is 0 Å². The molecule has 3 N–H and O–H groups in total. The molecule has 0 aliphatic carbocycles. The summed E-state index contributed by atoms with van der Waals surface area (Å²) in [5.41, 5.74) is 6.68. The number of aryl methyl sites for hydroxylation is 1.